The van der Waals surface area contributed by atoms with Crippen molar-refractivity contribution in [2.75, 3.05) is 20.8 Å². The lowest BCUT2D eigenvalue weighted by molar-refractivity contribution is 0.409. The van der Waals surface area contributed by atoms with Gasteiger partial charge in [0.25, 0.3) is 5.56 Å². The van der Waals surface area contributed by atoms with Crippen LogP contribution < -0.4 is 20.8 Å². The van der Waals surface area contributed by atoms with Crippen LogP contribution in [-0.2, 0) is 6.42 Å². The molecule has 3 N–H and O–H groups in total. The number of hydrogen-bond donors (Lipinski definition) is 2. The molecule has 0 fully saturated rings. The third kappa shape index (κ3) is 2.04. The summed E-state index contributed by atoms with van der Waals surface area (Å²) in [5.41, 5.74) is 6.64. The molecule has 96 valence electrons. The summed E-state index contributed by atoms with van der Waals surface area (Å²) < 4.78 is 10.5. The van der Waals surface area contributed by atoms with Gasteiger partial charge >= 0.3 is 0 Å². The molecule has 2 aromatic rings. The Hall–Kier alpha value is -2.01. The van der Waals surface area contributed by atoms with E-state index >= 15 is 0 Å². The maximum absolute atomic E-state index is 11.9. The lowest BCUT2D eigenvalue weighted by Gasteiger charge is -2.10. The minimum Gasteiger partial charge on any atom is -0.496 e. The molecule has 2 rings (SSSR count). The van der Waals surface area contributed by atoms with Gasteiger partial charge in [-0.3, -0.25) is 4.79 Å². The highest BCUT2D eigenvalue weighted by Gasteiger charge is 2.10. The van der Waals surface area contributed by atoms with Crippen LogP contribution in [0.2, 0.25) is 0 Å². The molecule has 5 nitrogen and oxygen atoms in total. The Kier molecular flexibility index (Phi) is 3.53. The predicted octanol–water partition coefficient (Wildman–Crippen LogP) is 1.05. The van der Waals surface area contributed by atoms with Crippen molar-refractivity contribution in [1.82, 2.24) is 4.98 Å². The first-order chi connectivity index (χ1) is 8.71. The van der Waals surface area contributed by atoms with E-state index in [0.29, 0.717) is 35.5 Å². The quantitative estimate of drug-likeness (QED) is 0.847. The van der Waals surface area contributed by atoms with Gasteiger partial charge in [0.1, 0.15) is 11.5 Å². The lowest BCUT2D eigenvalue weighted by Crippen LogP contribution is -2.16. The Morgan fingerprint density at radius 2 is 1.89 bits per heavy atom. The number of aromatic nitrogens is 1. The SMILES string of the molecule is COc1ccc(OC)c2[nH]c(=O)c(CCN)cc12. The second-order valence-electron chi connectivity index (χ2n) is 3.92. The van der Waals surface area contributed by atoms with Crippen LogP contribution in [0.25, 0.3) is 10.9 Å². The molecule has 1 aromatic heterocycles. The van der Waals surface area contributed by atoms with Crippen LogP contribution in [0.3, 0.4) is 0 Å². The smallest absolute Gasteiger partial charge is 0.251 e. The van der Waals surface area contributed by atoms with Crippen LogP contribution in [0.15, 0.2) is 23.0 Å². The number of H-pyrrole nitrogens is 1. The number of nitrogens with two attached hydrogens (primary N) is 1. The van der Waals surface area contributed by atoms with E-state index in [2.05, 4.69) is 4.98 Å². The highest BCUT2D eigenvalue weighted by atomic mass is 16.5. The van der Waals surface area contributed by atoms with Crippen molar-refractivity contribution in [3.8, 4) is 11.5 Å². The van der Waals surface area contributed by atoms with E-state index in [1.165, 1.54) is 0 Å². The summed E-state index contributed by atoms with van der Waals surface area (Å²) in [6.45, 7) is 0.431. The second kappa shape index (κ2) is 5.10. The Balaban J connectivity index is 2.77. The second-order valence-corrected chi connectivity index (χ2v) is 3.92. The van der Waals surface area contributed by atoms with Crippen molar-refractivity contribution >= 4 is 10.9 Å². The fraction of sp³-hybridized carbons (Fsp3) is 0.308. The van der Waals surface area contributed by atoms with Gasteiger partial charge in [-0.2, -0.15) is 0 Å². The number of nitrogens with one attached hydrogen (secondary N) is 1. The van der Waals surface area contributed by atoms with Crippen molar-refractivity contribution in [3.05, 3.63) is 34.1 Å². The zero-order valence-corrected chi connectivity index (χ0v) is 10.4. The van der Waals surface area contributed by atoms with E-state index in [1.54, 1.807) is 20.3 Å². The largest absolute Gasteiger partial charge is 0.496 e. The lowest BCUT2D eigenvalue weighted by atomic mass is 10.1. The van der Waals surface area contributed by atoms with E-state index in [1.807, 2.05) is 12.1 Å². The molecule has 1 aromatic carbocycles. The Morgan fingerprint density at radius 3 is 2.50 bits per heavy atom. The Labute approximate surface area is 105 Å². The Morgan fingerprint density at radius 1 is 1.22 bits per heavy atom. The van der Waals surface area contributed by atoms with Crippen molar-refractivity contribution < 1.29 is 9.47 Å². The van der Waals surface area contributed by atoms with Crippen molar-refractivity contribution in [3.63, 3.8) is 0 Å². The standard InChI is InChI=1S/C13H16N2O3/c1-17-10-3-4-11(18-2)12-9(10)7-8(5-6-14)13(16)15-12/h3-4,7H,5-6,14H2,1-2H3,(H,15,16). The van der Waals surface area contributed by atoms with Crippen molar-refractivity contribution in [2.45, 2.75) is 6.42 Å². The zero-order valence-electron chi connectivity index (χ0n) is 10.4. The zero-order chi connectivity index (χ0) is 13.1. The molecule has 0 aliphatic heterocycles. The van der Waals surface area contributed by atoms with Gasteiger partial charge in [0.2, 0.25) is 0 Å². The maximum atomic E-state index is 11.9. The van der Waals surface area contributed by atoms with Gasteiger partial charge in [0, 0.05) is 10.9 Å². The molecule has 0 unspecified atom stereocenters. The normalized spacial score (nSPS) is 10.6. The van der Waals surface area contributed by atoms with E-state index in [4.69, 9.17) is 15.2 Å². The number of ether oxygens (including phenoxy) is 2. The minimum absolute atomic E-state index is 0.139. The van der Waals surface area contributed by atoms with E-state index in [9.17, 15) is 4.79 Å². The van der Waals surface area contributed by atoms with Gasteiger partial charge in [-0.25, -0.2) is 0 Å². The number of hydrogen-bond acceptors (Lipinski definition) is 4. The summed E-state index contributed by atoms with van der Waals surface area (Å²) in [5.74, 6) is 1.31. The minimum atomic E-state index is -0.139. The predicted molar refractivity (Wildman–Crippen MR) is 70.4 cm³/mol. The number of benzene rings is 1. The van der Waals surface area contributed by atoms with Crippen LogP contribution in [0.5, 0.6) is 11.5 Å². The third-order valence-corrected chi connectivity index (χ3v) is 2.87. The summed E-state index contributed by atoms with van der Waals surface area (Å²) in [6.07, 6.45) is 0.533. The number of rotatable bonds is 4. The molecule has 0 bridgehead atoms. The van der Waals surface area contributed by atoms with E-state index < -0.39 is 0 Å². The molecule has 0 aliphatic carbocycles. The molecule has 18 heavy (non-hydrogen) atoms. The molecule has 0 radical (unpaired) electrons. The molecule has 0 saturated heterocycles. The first-order valence-corrected chi connectivity index (χ1v) is 5.68. The number of methoxy groups -OCH3 is 2. The summed E-state index contributed by atoms with van der Waals surface area (Å²) in [5, 5.41) is 0.819. The maximum Gasteiger partial charge on any atom is 0.251 e. The molecule has 0 atom stereocenters. The average Bonchev–Trinajstić information content (AvgIpc) is 2.39. The fourth-order valence-electron chi connectivity index (χ4n) is 1.98. The molecular weight excluding hydrogens is 232 g/mol. The molecule has 0 saturated carbocycles. The van der Waals surface area contributed by atoms with Crippen LogP contribution in [0, 0.1) is 0 Å². The first-order valence-electron chi connectivity index (χ1n) is 5.68. The van der Waals surface area contributed by atoms with Crippen LogP contribution >= 0.6 is 0 Å². The highest BCUT2D eigenvalue weighted by molar-refractivity contribution is 5.90. The van der Waals surface area contributed by atoms with Crippen molar-refractivity contribution in [1.29, 1.82) is 0 Å². The van der Waals surface area contributed by atoms with Crippen LogP contribution in [0.4, 0.5) is 0 Å². The molecule has 0 spiro atoms. The number of fused-ring (bicyclic) bond motifs is 1. The molecule has 0 amide bonds. The molecular formula is C13H16N2O3. The van der Waals surface area contributed by atoms with Gasteiger partial charge in [-0.1, -0.05) is 0 Å². The monoisotopic (exact) mass is 248 g/mol. The van der Waals surface area contributed by atoms with E-state index in [-0.39, 0.29) is 5.56 Å². The van der Waals surface area contributed by atoms with Gasteiger partial charge in [0.05, 0.1) is 19.7 Å². The van der Waals surface area contributed by atoms with Crippen LogP contribution in [0.1, 0.15) is 5.56 Å². The van der Waals surface area contributed by atoms with Gasteiger partial charge < -0.3 is 20.2 Å². The van der Waals surface area contributed by atoms with E-state index in [0.717, 1.165) is 5.39 Å². The molecule has 1 heterocycles. The van der Waals surface area contributed by atoms with Gasteiger partial charge in [-0.05, 0) is 31.2 Å². The first kappa shape index (κ1) is 12.4. The number of aromatic amines is 1. The van der Waals surface area contributed by atoms with Gasteiger partial charge in [0.15, 0.2) is 0 Å². The highest BCUT2D eigenvalue weighted by Crippen LogP contribution is 2.31. The summed E-state index contributed by atoms with van der Waals surface area (Å²) in [6, 6.07) is 5.38. The molecule has 0 aliphatic rings. The number of pyridine rings is 1. The topological polar surface area (TPSA) is 77.3 Å². The van der Waals surface area contributed by atoms with Crippen molar-refractivity contribution in [2.24, 2.45) is 5.73 Å². The summed E-state index contributed by atoms with van der Waals surface area (Å²) in [4.78, 5) is 14.7. The summed E-state index contributed by atoms with van der Waals surface area (Å²) >= 11 is 0. The Bertz CT molecular complexity index is 619. The molecule has 5 heteroatoms. The summed E-state index contributed by atoms with van der Waals surface area (Å²) in [7, 11) is 3.16. The van der Waals surface area contributed by atoms with Gasteiger partial charge in [-0.15, -0.1) is 0 Å². The average molecular weight is 248 g/mol. The third-order valence-electron chi connectivity index (χ3n) is 2.87. The van der Waals surface area contributed by atoms with Crippen LogP contribution in [-0.4, -0.2) is 25.7 Å². The fourth-order valence-corrected chi connectivity index (χ4v) is 1.98.